The Balaban J connectivity index is 0. The minimum Gasteiger partial charge on any atom is -0.748 e. The predicted molar refractivity (Wildman–Crippen MR) is 123 cm³/mol. The smallest absolute Gasteiger partial charge is 0.748 e. The number of unbranched alkanes of at least 4 members (excludes halogenated alkanes) is 14. The summed E-state index contributed by atoms with van der Waals surface area (Å²) in [6.45, 7) is 3.91. The van der Waals surface area contributed by atoms with E-state index in [1.807, 2.05) is 0 Å². The summed E-state index contributed by atoms with van der Waals surface area (Å²) in [5.41, 5.74) is 0. The minimum atomic E-state index is -4.10. The Morgan fingerprint density at radius 2 is 0.967 bits per heavy atom. The van der Waals surface area contributed by atoms with Gasteiger partial charge in [0.25, 0.3) is 0 Å². The third-order valence-electron chi connectivity index (χ3n) is 6.05. The van der Waals surface area contributed by atoms with Gasteiger partial charge in [-0.3, -0.25) is 0 Å². The maximum Gasteiger partial charge on any atom is 1.00 e. The fourth-order valence-electron chi connectivity index (χ4n) is 4.08. The summed E-state index contributed by atoms with van der Waals surface area (Å²) in [7, 11) is -4.10. The van der Waals surface area contributed by atoms with Gasteiger partial charge in [0.1, 0.15) is 0 Å². The topological polar surface area (TPSA) is 77.4 Å². The Morgan fingerprint density at radius 3 is 1.27 bits per heavy atom. The molecule has 0 aromatic carbocycles. The van der Waals surface area contributed by atoms with Crippen LogP contribution in [-0.4, -0.2) is 29.4 Å². The van der Waals surface area contributed by atoms with Gasteiger partial charge in [0.2, 0.25) is 0 Å². The van der Waals surface area contributed by atoms with Gasteiger partial charge in [-0.2, -0.15) is 0 Å². The molecule has 0 fully saturated rings. The van der Waals surface area contributed by atoms with Crippen LogP contribution in [0.25, 0.3) is 0 Å². The zero-order chi connectivity index (χ0) is 21.8. The standard InChI is InChI=1S/C24H50O4S.Na/c1-3-20-23(25)21-18-16-14-12-10-8-6-5-7-9-11-13-15-17-19-22-24(4-2)29(26,27)28;/h23-25H,3-22H2,1-2H3,(H,26,27,28);/q;+1/p-1. The first-order chi connectivity index (χ1) is 13.9. The van der Waals surface area contributed by atoms with Gasteiger partial charge in [0.15, 0.2) is 0 Å². The van der Waals surface area contributed by atoms with E-state index in [4.69, 9.17) is 0 Å². The molecule has 0 aliphatic carbocycles. The van der Waals surface area contributed by atoms with Crippen LogP contribution in [0.3, 0.4) is 0 Å². The quantitative estimate of drug-likeness (QED) is 0.151. The van der Waals surface area contributed by atoms with Crippen LogP contribution < -0.4 is 29.6 Å². The van der Waals surface area contributed by atoms with E-state index in [1.165, 1.54) is 77.0 Å². The van der Waals surface area contributed by atoms with E-state index in [0.29, 0.717) is 12.8 Å². The number of aliphatic hydroxyl groups excluding tert-OH is 1. The first-order valence-corrected chi connectivity index (χ1v) is 14.0. The summed E-state index contributed by atoms with van der Waals surface area (Å²) in [6, 6.07) is 0. The summed E-state index contributed by atoms with van der Waals surface area (Å²) in [5.74, 6) is 0. The van der Waals surface area contributed by atoms with E-state index >= 15 is 0 Å². The molecular weight excluding hydrogens is 407 g/mol. The summed E-state index contributed by atoms with van der Waals surface area (Å²) in [5, 5.41) is 9.01. The van der Waals surface area contributed by atoms with Crippen LogP contribution in [0, 0.1) is 0 Å². The van der Waals surface area contributed by atoms with Crippen LogP contribution in [-0.2, 0) is 10.1 Å². The van der Waals surface area contributed by atoms with Gasteiger partial charge in [-0.05, 0) is 25.7 Å². The van der Waals surface area contributed by atoms with Crippen LogP contribution in [0.2, 0.25) is 0 Å². The molecule has 30 heavy (non-hydrogen) atoms. The normalized spacial score (nSPS) is 13.7. The zero-order valence-corrected chi connectivity index (χ0v) is 23.2. The van der Waals surface area contributed by atoms with Gasteiger partial charge in [0, 0.05) is 5.25 Å². The summed E-state index contributed by atoms with van der Waals surface area (Å²) in [6.07, 6.45) is 22.7. The second-order valence-electron chi connectivity index (χ2n) is 8.85. The van der Waals surface area contributed by atoms with Gasteiger partial charge in [-0.25, -0.2) is 8.42 Å². The molecule has 0 aliphatic rings. The number of aliphatic hydroxyl groups is 1. The third-order valence-corrected chi connectivity index (χ3v) is 7.43. The fraction of sp³-hybridized carbons (Fsp3) is 1.00. The van der Waals surface area contributed by atoms with Crippen LogP contribution in [0.1, 0.15) is 142 Å². The molecule has 0 aromatic heterocycles. The van der Waals surface area contributed by atoms with Crippen molar-refractivity contribution in [1.29, 1.82) is 0 Å². The SMILES string of the molecule is CCCC(O)CCCCCCCCCCCCCCCCCC(CC)S(=O)(=O)[O-].[Na+]. The van der Waals surface area contributed by atoms with Gasteiger partial charge in [-0.1, -0.05) is 117 Å². The second-order valence-corrected chi connectivity index (χ2v) is 10.5. The number of rotatable bonds is 22. The van der Waals surface area contributed by atoms with Crippen molar-refractivity contribution in [3.63, 3.8) is 0 Å². The Bertz CT molecular complexity index is 442. The number of hydrogen-bond donors (Lipinski definition) is 1. The van der Waals surface area contributed by atoms with E-state index < -0.39 is 15.4 Å². The first-order valence-electron chi connectivity index (χ1n) is 12.5. The molecule has 2 unspecified atom stereocenters. The summed E-state index contributed by atoms with van der Waals surface area (Å²) < 4.78 is 33.1. The van der Waals surface area contributed by atoms with Crippen LogP contribution in [0.4, 0.5) is 0 Å². The van der Waals surface area contributed by atoms with Gasteiger partial charge in [0.05, 0.1) is 16.2 Å². The van der Waals surface area contributed by atoms with E-state index in [2.05, 4.69) is 6.92 Å². The molecule has 0 rings (SSSR count). The van der Waals surface area contributed by atoms with Crippen molar-refractivity contribution in [2.45, 2.75) is 154 Å². The summed E-state index contributed by atoms with van der Waals surface area (Å²) in [4.78, 5) is 0. The van der Waals surface area contributed by atoms with Crippen LogP contribution in [0.5, 0.6) is 0 Å². The van der Waals surface area contributed by atoms with Crippen LogP contribution >= 0.6 is 0 Å². The van der Waals surface area contributed by atoms with Crippen molar-refractivity contribution in [2.24, 2.45) is 0 Å². The zero-order valence-electron chi connectivity index (χ0n) is 20.4. The van der Waals surface area contributed by atoms with Crippen molar-refractivity contribution in [3.8, 4) is 0 Å². The average Bonchev–Trinajstić information content (AvgIpc) is 2.66. The molecule has 0 radical (unpaired) electrons. The predicted octanol–water partition coefficient (Wildman–Crippen LogP) is 4.11. The first kappa shape index (κ1) is 33.0. The Labute approximate surface area is 210 Å². The maximum absolute atomic E-state index is 11.0. The third kappa shape index (κ3) is 22.1. The summed E-state index contributed by atoms with van der Waals surface area (Å²) >= 11 is 0. The molecule has 6 heteroatoms. The molecule has 0 bridgehead atoms. The molecule has 0 heterocycles. The molecule has 0 aromatic rings. The molecule has 0 amide bonds. The molecule has 176 valence electrons. The van der Waals surface area contributed by atoms with Crippen molar-refractivity contribution in [2.75, 3.05) is 0 Å². The molecule has 2 atom stereocenters. The largest absolute Gasteiger partial charge is 1.00 e. The molecule has 0 saturated heterocycles. The van der Waals surface area contributed by atoms with Crippen molar-refractivity contribution in [1.82, 2.24) is 0 Å². The second kappa shape index (κ2) is 23.0. The molecule has 0 spiro atoms. The van der Waals surface area contributed by atoms with Crippen molar-refractivity contribution in [3.05, 3.63) is 0 Å². The number of hydrogen-bond acceptors (Lipinski definition) is 4. The molecule has 0 saturated carbocycles. The van der Waals surface area contributed by atoms with E-state index in [0.717, 1.165) is 38.5 Å². The van der Waals surface area contributed by atoms with Crippen molar-refractivity contribution < 1.29 is 47.6 Å². The molecule has 0 aliphatic heterocycles. The van der Waals surface area contributed by atoms with Crippen LogP contribution in [0.15, 0.2) is 0 Å². The maximum atomic E-state index is 11.0. The van der Waals surface area contributed by atoms with E-state index in [-0.39, 0.29) is 35.7 Å². The van der Waals surface area contributed by atoms with Crippen molar-refractivity contribution >= 4 is 10.1 Å². The Hall–Kier alpha value is 0.870. The van der Waals surface area contributed by atoms with Gasteiger partial charge >= 0.3 is 29.6 Å². The van der Waals surface area contributed by atoms with E-state index in [9.17, 15) is 18.1 Å². The molecular formula is C24H49NaO4S. The fourth-order valence-corrected chi connectivity index (χ4v) is 4.94. The molecule has 1 N–H and O–H groups in total. The van der Waals surface area contributed by atoms with Gasteiger partial charge < -0.3 is 9.66 Å². The Morgan fingerprint density at radius 1 is 0.633 bits per heavy atom. The monoisotopic (exact) mass is 456 g/mol. The average molecular weight is 457 g/mol. The van der Waals surface area contributed by atoms with Gasteiger partial charge in [-0.15, -0.1) is 0 Å². The van der Waals surface area contributed by atoms with E-state index in [1.54, 1.807) is 6.92 Å². The Kier molecular flexibility index (Phi) is 25.4. The minimum absolute atomic E-state index is 0. The molecule has 4 nitrogen and oxygen atoms in total.